The number of para-hydroxylation sites is 1. The average molecular weight is 386 g/mol. The molecule has 0 aliphatic carbocycles. The summed E-state index contributed by atoms with van der Waals surface area (Å²) in [5.41, 5.74) is 7.32. The largest absolute Gasteiger partial charge is 0.357 e. The highest BCUT2D eigenvalue weighted by Crippen LogP contribution is 2.25. The predicted molar refractivity (Wildman–Crippen MR) is 110 cm³/mol. The summed E-state index contributed by atoms with van der Waals surface area (Å²) in [4.78, 5) is 16.7. The SMILES string of the molecule is C[C@@H](Nc1nc2ccccc2s1)C(=O)NNC(=S)NCc1ccccc1. The number of anilines is 1. The first-order chi connectivity index (χ1) is 12.6. The van der Waals surface area contributed by atoms with Crippen LogP contribution < -0.4 is 21.5 Å². The number of hydrogen-bond acceptors (Lipinski definition) is 5. The van der Waals surface area contributed by atoms with Gasteiger partial charge >= 0.3 is 0 Å². The van der Waals surface area contributed by atoms with Crippen molar-refractivity contribution in [1.82, 2.24) is 21.2 Å². The molecule has 0 spiro atoms. The summed E-state index contributed by atoms with van der Waals surface area (Å²) in [5, 5.41) is 7.20. The fourth-order valence-electron chi connectivity index (χ4n) is 2.23. The number of hydrogen-bond donors (Lipinski definition) is 4. The van der Waals surface area contributed by atoms with E-state index in [0.29, 0.717) is 16.8 Å². The van der Waals surface area contributed by atoms with Crippen LogP contribution in [0.2, 0.25) is 0 Å². The van der Waals surface area contributed by atoms with E-state index in [1.54, 1.807) is 6.92 Å². The number of fused-ring (bicyclic) bond motifs is 1. The van der Waals surface area contributed by atoms with E-state index in [9.17, 15) is 4.79 Å². The smallest absolute Gasteiger partial charge is 0.260 e. The first kappa shape index (κ1) is 18.1. The number of thiazole rings is 1. The maximum absolute atomic E-state index is 12.2. The van der Waals surface area contributed by atoms with Crippen molar-refractivity contribution in [3.8, 4) is 0 Å². The Hall–Kier alpha value is -2.71. The van der Waals surface area contributed by atoms with Crippen molar-refractivity contribution in [1.29, 1.82) is 0 Å². The number of thiocarbonyl (C=S) groups is 1. The van der Waals surface area contributed by atoms with Crippen molar-refractivity contribution in [3.05, 3.63) is 60.2 Å². The Kier molecular flexibility index (Phi) is 5.98. The number of carbonyl (C=O) groups excluding carboxylic acids is 1. The van der Waals surface area contributed by atoms with Gasteiger partial charge < -0.3 is 10.6 Å². The van der Waals surface area contributed by atoms with Gasteiger partial charge in [-0.05, 0) is 36.8 Å². The van der Waals surface area contributed by atoms with E-state index >= 15 is 0 Å². The van der Waals surface area contributed by atoms with Gasteiger partial charge in [0.2, 0.25) is 0 Å². The van der Waals surface area contributed by atoms with Crippen molar-refractivity contribution < 1.29 is 4.79 Å². The van der Waals surface area contributed by atoms with Gasteiger partial charge in [0, 0.05) is 6.54 Å². The lowest BCUT2D eigenvalue weighted by atomic mass is 10.2. The molecule has 3 rings (SSSR count). The summed E-state index contributed by atoms with van der Waals surface area (Å²) in [7, 11) is 0. The van der Waals surface area contributed by atoms with Crippen LogP contribution in [0.25, 0.3) is 10.2 Å². The van der Waals surface area contributed by atoms with Crippen LogP contribution in [0.5, 0.6) is 0 Å². The standard InChI is InChI=1S/C18H19N5OS2/c1-12(20-18-21-14-9-5-6-10-15(14)26-18)16(24)22-23-17(25)19-11-13-7-3-2-4-8-13/h2-10,12H,11H2,1H3,(H,20,21)(H,22,24)(H2,19,23,25)/t12-/m1/s1. The molecule has 2 aromatic carbocycles. The van der Waals surface area contributed by atoms with Gasteiger partial charge in [-0.25, -0.2) is 4.98 Å². The summed E-state index contributed by atoms with van der Waals surface area (Å²) in [5.74, 6) is -0.229. The lowest BCUT2D eigenvalue weighted by molar-refractivity contribution is -0.122. The Balaban J connectivity index is 1.44. The Morgan fingerprint density at radius 2 is 1.85 bits per heavy atom. The molecule has 3 aromatic rings. The third kappa shape index (κ3) is 4.90. The van der Waals surface area contributed by atoms with Crippen LogP contribution >= 0.6 is 23.6 Å². The summed E-state index contributed by atoms with van der Waals surface area (Å²) < 4.78 is 1.08. The molecule has 1 heterocycles. The lowest BCUT2D eigenvalue weighted by Crippen LogP contribution is -2.50. The highest BCUT2D eigenvalue weighted by atomic mass is 32.1. The first-order valence-electron chi connectivity index (χ1n) is 8.11. The van der Waals surface area contributed by atoms with E-state index in [1.165, 1.54) is 11.3 Å². The molecule has 1 atom stereocenters. The fourth-order valence-corrected chi connectivity index (χ4v) is 3.31. The van der Waals surface area contributed by atoms with Crippen molar-refractivity contribution in [2.75, 3.05) is 5.32 Å². The topological polar surface area (TPSA) is 78.1 Å². The summed E-state index contributed by atoms with van der Waals surface area (Å²) in [6, 6.07) is 17.3. The Morgan fingerprint density at radius 1 is 1.12 bits per heavy atom. The molecule has 0 bridgehead atoms. The van der Waals surface area contributed by atoms with Gasteiger partial charge in [0.15, 0.2) is 10.2 Å². The molecular weight excluding hydrogens is 366 g/mol. The minimum Gasteiger partial charge on any atom is -0.357 e. The highest BCUT2D eigenvalue weighted by molar-refractivity contribution is 7.80. The van der Waals surface area contributed by atoms with Gasteiger partial charge in [0.1, 0.15) is 6.04 Å². The van der Waals surface area contributed by atoms with E-state index in [2.05, 4.69) is 26.5 Å². The van der Waals surface area contributed by atoms with E-state index < -0.39 is 6.04 Å². The molecule has 0 fully saturated rings. The fraction of sp³-hybridized carbons (Fsp3) is 0.167. The monoisotopic (exact) mass is 385 g/mol. The number of hydrazine groups is 1. The zero-order valence-electron chi connectivity index (χ0n) is 14.2. The zero-order chi connectivity index (χ0) is 18.4. The van der Waals surface area contributed by atoms with Crippen LogP contribution in [-0.2, 0) is 11.3 Å². The number of aromatic nitrogens is 1. The van der Waals surface area contributed by atoms with Crippen LogP contribution in [0.3, 0.4) is 0 Å². The second kappa shape index (κ2) is 8.59. The molecular formula is C18H19N5OS2. The molecule has 0 radical (unpaired) electrons. The molecule has 134 valence electrons. The maximum atomic E-state index is 12.2. The quantitative estimate of drug-likeness (QED) is 0.400. The Bertz CT molecular complexity index is 864. The Morgan fingerprint density at radius 3 is 2.62 bits per heavy atom. The third-order valence-corrected chi connectivity index (χ3v) is 4.84. The second-order valence-electron chi connectivity index (χ2n) is 5.64. The van der Waals surface area contributed by atoms with E-state index in [-0.39, 0.29) is 5.91 Å². The average Bonchev–Trinajstić information content (AvgIpc) is 3.07. The molecule has 8 heteroatoms. The summed E-state index contributed by atoms with van der Waals surface area (Å²) >= 11 is 6.68. The molecule has 0 unspecified atom stereocenters. The van der Waals surface area contributed by atoms with Crippen LogP contribution in [0.1, 0.15) is 12.5 Å². The molecule has 0 aliphatic rings. The number of carbonyl (C=O) groups is 1. The molecule has 1 amide bonds. The number of rotatable bonds is 5. The van der Waals surface area contributed by atoms with Crippen molar-refractivity contribution >= 4 is 49.9 Å². The van der Waals surface area contributed by atoms with Gasteiger partial charge in [-0.15, -0.1) is 0 Å². The van der Waals surface area contributed by atoms with Gasteiger partial charge in [0.25, 0.3) is 5.91 Å². The predicted octanol–water partition coefficient (Wildman–Crippen LogP) is 2.79. The maximum Gasteiger partial charge on any atom is 0.260 e. The molecule has 4 N–H and O–H groups in total. The number of nitrogens with one attached hydrogen (secondary N) is 4. The van der Waals surface area contributed by atoms with Crippen LogP contribution in [0, 0.1) is 0 Å². The third-order valence-electron chi connectivity index (χ3n) is 3.62. The van der Waals surface area contributed by atoms with Crippen molar-refractivity contribution in [2.24, 2.45) is 0 Å². The summed E-state index contributed by atoms with van der Waals surface area (Å²) in [6.45, 7) is 2.35. The van der Waals surface area contributed by atoms with Crippen molar-refractivity contribution in [3.63, 3.8) is 0 Å². The summed E-state index contributed by atoms with van der Waals surface area (Å²) in [6.07, 6.45) is 0. The minimum absolute atomic E-state index is 0.229. The van der Waals surface area contributed by atoms with Crippen LogP contribution in [0.4, 0.5) is 5.13 Å². The minimum atomic E-state index is -0.458. The molecule has 6 nitrogen and oxygen atoms in total. The van der Waals surface area contributed by atoms with E-state index in [4.69, 9.17) is 12.2 Å². The Labute approximate surface area is 161 Å². The van der Waals surface area contributed by atoms with E-state index in [0.717, 1.165) is 15.8 Å². The molecule has 1 aromatic heterocycles. The van der Waals surface area contributed by atoms with Gasteiger partial charge in [-0.1, -0.05) is 53.8 Å². The molecule has 0 aliphatic heterocycles. The zero-order valence-corrected chi connectivity index (χ0v) is 15.8. The number of benzene rings is 2. The molecule has 0 saturated carbocycles. The molecule has 26 heavy (non-hydrogen) atoms. The van der Waals surface area contributed by atoms with Gasteiger partial charge in [-0.2, -0.15) is 0 Å². The molecule has 0 saturated heterocycles. The van der Waals surface area contributed by atoms with E-state index in [1.807, 2.05) is 54.6 Å². The van der Waals surface area contributed by atoms with Gasteiger partial charge in [0.05, 0.1) is 10.2 Å². The van der Waals surface area contributed by atoms with Crippen LogP contribution in [-0.4, -0.2) is 22.0 Å². The van der Waals surface area contributed by atoms with Gasteiger partial charge in [-0.3, -0.25) is 15.6 Å². The normalized spacial score (nSPS) is 11.6. The van der Waals surface area contributed by atoms with Crippen LogP contribution in [0.15, 0.2) is 54.6 Å². The highest BCUT2D eigenvalue weighted by Gasteiger charge is 2.14. The lowest BCUT2D eigenvalue weighted by Gasteiger charge is -2.15. The first-order valence-corrected chi connectivity index (χ1v) is 9.34. The second-order valence-corrected chi connectivity index (χ2v) is 7.07. The number of nitrogens with zero attached hydrogens (tertiary/aromatic N) is 1. The number of amides is 1. The van der Waals surface area contributed by atoms with Crippen molar-refractivity contribution in [2.45, 2.75) is 19.5 Å².